The van der Waals surface area contributed by atoms with Crippen LogP contribution in [0.4, 0.5) is 0 Å². The minimum atomic E-state index is 0.667. The van der Waals surface area contributed by atoms with Gasteiger partial charge in [0.25, 0.3) is 0 Å². The number of hydrogen-bond donors (Lipinski definition) is 0. The fourth-order valence-corrected chi connectivity index (χ4v) is 2.97. The average Bonchev–Trinajstić information content (AvgIpc) is 2.59. The molecule has 0 spiro atoms. The molecule has 0 N–H and O–H groups in total. The Morgan fingerprint density at radius 2 is 1.13 bits per heavy atom. The van der Waals surface area contributed by atoms with Crippen molar-refractivity contribution in [2.75, 3.05) is 6.54 Å². The predicted octanol–water partition coefficient (Wildman–Crippen LogP) is 7.22. The van der Waals surface area contributed by atoms with Gasteiger partial charge in [0.1, 0.15) is 0 Å². The second-order valence-corrected chi connectivity index (χ2v) is 6.43. The van der Waals surface area contributed by atoms with Crippen LogP contribution >= 0.6 is 0 Å². The van der Waals surface area contributed by atoms with E-state index in [2.05, 4.69) is 40.4 Å². The maximum absolute atomic E-state index is 8.17. The van der Waals surface area contributed by atoms with Gasteiger partial charge in [-0.25, -0.2) is 0 Å². The number of benzene rings is 1. The van der Waals surface area contributed by atoms with Gasteiger partial charge in [0.2, 0.25) is 0 Å². The Morgan fingerprint density at radius 1 is 0.652 bits per heavy atom. The topological polar surface area (TPSA) is 48.8 Å². The monoisotopic (exact) mass is 315 g/mol. The molecule has 0 saturated carbocycles. The van der Waals surface area contributed by atoms with Gasteiger partial charge >= 0.3 is 0 Å². The fraction of sp³-hybridized carbons (Fsp3) is 0.700. The van der Waals surface area contributed by atoms with Crippen molar-refractivity contribution >= 4 is 0 Å². The van der Waals surface area contributed by atoms with E-state index >= 15 is 0 Å². The number of azide groups is 1. The van der Waals surface area contributed by atoms with E-state index in [0.717, 1.165) is 6.42 Å². The third-order valence-corrected chi connectivity index (χ3v) is 4.38. The molecule has 0 aliphatic heterocycles. The molecule has 0 amide bonds. The second kappa shape index (κ2) is 15.4. The minimum Gasteiger partial charge on any atom is -0.0940 e. The van der Waals surface area contributed by atoms with Gasteiger partial charge in [-0.3, -0.25) is 0 Å². The lowest BCUT2D eigenvalue weighted by molar-refractivity contribution is 0.541. The van der Waals surface area contributed by atoms with Gasteiger partial charge in [0.05, 0.1) is 0 Å². The van der Waals surface area contributed by atoms with Crippen LogP contribution in [0.15, 0.2) is 35.4 Å². The molecule has 0 aromatic heterocycles. The molecule has 0 atom stereocenters. The zero-order valence-corrected chi connectivity index (χ0v) is 14.6. The first-order chi connectivity index (χ1) is 11.4. The molecule has 3 heteroatoms. The van der Waals surface area contributed by atoms with Crippen LogP contribution in [0, 0.1) is 0 Å². The largest absolute Gasteiger partial charge is 0.0940 e. The molecule has 0 saturated heterocycles. The lowest BCUT2D eigenvalue weighted by Gasteiger charge is -2.03. The van der Waals surface area contributed by atoms with Gasteiger partial charge in [-0.05, 0) is 30.4 Å². The summed E-state index contributed by atoms with van der Waals surface area (Å²) in [7, 11) is 0. The number of hydrogen-bond acceptors (Lipinski definition) is 1. The molecule has 0 unspecified atom stereocenters. The first kappa shape index (κ1) is 19.6. The van der Waals surface area contributed by atoms with E-state index in [4.69, 9.17) is 5.53 Å². The first-order valence-electron chi connectivity index (χ1n) is 9.48. The maximum Gasteiger partial charge on any atom is 0.0257 e. The van der Waals surface area contributed by atoms with Gasteiger partial charge in [-0.1, -0.05) is 99.7 Å². The fourth-order valence-electron chi connectivity index (χ4n) is 2.97. The lowest BCUT2D eigenvalue weighted by Crippen LogP contribution is -1.86. The Labute approximate surface area is 142 Å². The summed E-state index contributed by atoms with van der Waals surface area (Å²) in [6.07, 6.45) is 17.2. The van der Waals surface area contributed by atoms with Gasteiger partial charge in [-0.15, -0.1) is 0 Å². The van der Waals surface area contributed by atoms with E-state index in [9.17, 15) is 0 Å². The summed E-state index contributed by atoms with van der Waals surface area (Å²) in [6.45, 7) is 0.667. The SMILES string of the molecule is [N-]=[N+]=NCCCCCCCCCCCCCCc1ccccc1. The zero-order chi connectivity index (χ0) is 16.4. The summed E-state index contributed by atoms with van der Waals surface area (Å²) >= 11 is 0. The van der Waals surface area contributed by atoms with Crippen molar-refractivity contribution in [2.24, 2.45) is 5.11 Å². The summed E-state index contributed by atoms with van der Waals surface area (Å²) < 4.78 is 0. The predicted molar refractivity (Wildman–Crippen MR) is 99.6 cm³/mol. The summed E-state index contributed by atoms with van der Waals surface area (Å²) in [4.78, 5) is 2.77. The van der Waals surface area contributed by atoms with Crippen LogP contribution in [0.25, 0.3) is 10.4 Å². The third-order valence-electron chi connectivity index (χ3n) is 4.38. The highest BCUT2D eigenvalue weighted by molar-refractivity contribution is 5.14. The van der Waals surface area contributed by atoms with Crippen LogP contribution in [0.5, 0.6) is 0 Å². The van der Waals surface area contributed by atoms with E-state index in [1.165, 1.54) is 82.6 Å². The maximum atomic E-state index is 8.17. The molecule has 0 radical (unpaired) electrons. The molecule has 1 aromatic carbocycles. The van der Waals surface area contributed by atoms with Crippen LogP contribution < -0.4 is 0 Å². The minimum absolute atomic E-state index is 0.667. The molecule has 0 heterocycles. The Kier molecular flexibility index (Phi) is 13.1. The van der Waals surface area contributed by atoms with Crippen molar-refractivity contribution in [2.45, 2.75) is 83.5 Å². The molecular formula is C20H33N3. The van der Waals surface area contributed by atoms with Crippen LogP contribution in [-0.2, 0) is 6.42 Å². The molecule has 3 nitrogen and oxygen atoms in total. The summed E-state index contributed by atoms with van der Waals surface area (Å²) in [5, 5.41) is 3.56. The van der Waals surface area contributed by atoms with E-state index < -0.39 is 0 Å². The molecule has 0 bridgehead atoms. The lowest BCUT2D eigenvalue weighted by atomic mass is 10.0. The van der Waals surface area contributed by atoms with E-state index in [1.807, 2.05) is 0 Å². The molecule has 0 aliphatic rings. The highest BCUT2D eigenvalue weighted by Crippen LogP contribution is 2.13. The third kappa shape index (κ3) is 12.7. The summed E-state index contributed by atoms with van der Waals surface area (Å²) in [5.41, 5.74) is 9.65. The van der Waals surface area contributed by atoms with Crippen LogP contribution in [0.2, 0.25) is 0 Å². The second-order valence-electron chi connectivity index (χ2n) is 6.43. The smallest absolute Gasteiger partial charge is 0.0257 e. The Balaban J connectivity index is 1.74. The quantitative estimate of drug-likeness (QED) is 0.142. The molecule has 0 aliphatic carbocycles. The molecule has 23 heavy (non-hydrogen) atoms. The molecular weight excluding hydrogens is 282 g/mol. The van der Waals surface area contributed by atoms with Crippen molar-refractivity contribution in [3.05, 3.63) is 46.3 Å². The standard InChI is InChI=1S/C20H33N3/c21-23-22-19-15-10-8-6-4-2-1-3-5-7-9-12-16-20-17-13-11-14-18-20/h11,13-14,17-18H,1-10,12,15-16,19H2. The number of aryl methyl sites for hydroxylation is 1. The van der Waals surface area contributed by atoms with Gasteiger partial charge in [0.15, 0.2) is 0 Å². The van der Waals surface area contributed by atoms with Gasteiger partial charge in [0, 0.05) is 11.5 Å². The molecule has 128 valence electrons. The van der Waals surface area contributed by atoms with Crippen molar-refractivity contribution in [3.63, 3.8) is 0 Å². The van der Waals surface area contributed by atoms with Gasteiger partial charge < -0.3 is 0 Å². The Bertz CT molecular complexity index is 410. The van der Waals surface area contributed by atoms with Crippen molar-refractivity contribution in [3.8, 4) is 0 Å². The molecule has 1 aromatic rings. The summed E-state index contributed by atoms with van der Waals surface area (Å²) in [6, 6.07) is 10.8. The first-order valence-corrected chi connectivity index (χ1v) is 9.48. The van der Waals surface area contributed by atoms with Crippen LogP contribution in [-0.4, -0.2) is 6.54 Å². The van der Waals surface area contributed by atoms with Crippen molar-refractivity contribution in [1.29, 1.82) is 0 Å². The zero-order valence-electron chi connectivity index (χ0n) is 14.6. The van der Waals surface area contributed by atoms with Crippen LogP contribution in [0.3, 0.4) is 0 Å². The van der Waals surface area contributed by atoms with E-state index in [0.29, 0.717) is 6.54 Å². The average molecular weight is 316 g/mol. The van der Waals surface area contributed by atoms with Crippen molar-refractivity contribution in [1.82, 2.24) is 0 Å². The normalized spacial score (nSPS) is 10.4. The molecule has 0 fully saturated rings. The highest BCUT2D eigenvalue weighted by atomic mass is 15.1. The number of rotatable bonds is 15. The number of nitrogens with zero attached hydrogens (tertiary/aromatic N) is 3. The van der Waals surface area contributed by atoms with E-state index in [-0.39, 0.29) is 0 Å². The van der Waals surface area contributed by atoms with E-state index in [1.54, 1.807) is 0 Å². The number of unbranched alkanes of at least 4 members (excludes halogenated alkanes) is 11. The molecule has 1 rings (SSSR count). The van der Waals surface area contributed by atoms with Crippen molar-refractivity contribution < 1.29 is 0 Å². The van der Waals surface area contributed by atoms with Crippen LogP contribution in [0.1, 0.15) is 82.6 Å². The van der Waals surface area contributed by atoms with Gasteiger partial charge in [-0.2, -0.15) is 0 Å². The Morgan fingerprint density at radius 3 is 1.65 bits per heavy atom. The summed E-state index contributed by atoms with van der Waals surface area (Å²) in [5.74, 6) is 0. The highest BCUT2D eigenvalue weighted by Gasteiger charge is 1.95. The Hall–Kier alpha value is -1.47.